The summed E-state index contributed by atoms with van der Waals surface area (Å²) < 4.78 is 1.76. The summed E-state index contributed by atoms with van der Waals surface area (Å²) in [6.45, 7) is 3.26. The highest BCUT2D eigenvalue weighted by molar-refractivity contribution is 7.10. The highest BCUT2D eigenvalue weighted by Crippen LogP contribution is 2.28. The van der Waals surface area contributed by atoms with E-state index in [-0.39, 0.29) is 5.92 Å². The largest absolute Gasteiger partial charge is 0.356 e. The Morgan fingerprint density at radius 3 is 3.16 bits per heavy atom. The average molecular weight is 353 g/mol. The predicted octanol–water partition coefficient (Wildman–Crippen LogP) is 2.20. The zero-order valence-corrected chi connectivity index (χ0v) is 14.7. The van der Waals surface area contributed by atoms with Gasteiger partial charge in [0.1, 0.15) is 5.82 Å². The monoisotopic (exact) mass is 353 g/mol. The van der Waals surface area contributed by atoms with Crippen LogP contribution in [0.1, 0.15) is 16.9 Å². The van der Waals surface area contributed by atoms with Gasteiger partial charge in [-0.15, -0.1) is 11.3 Å². The lowest BCUT2D eigenvalue weighted by atomic mass is 10.0. The fraction of sp³-hybridized carbons (Fsp3) is 0.389. The number of nitrogens with zero attached hydrogens (tertiary/aromatic N) is 5. The van der Waals surface area contributed by atoms with E-state index in [2.05, 4.69) is 26.4 Å². The van der Waals surface area contributed by atoms with Gasteiger partial charge in [-0.2, -0.15) is 5.10 Å². The molecule has 2 aliphatic rings. The van der Waals surface area contributed by atoms with Gasteiger partial charge in [-0.1, -0.05) is 0 Å². The maximum absolute atomic E-state index is 12.9. The first-order valence-corrected chi connectivity index (χ1v) is 9.55. The van der Waals surface area contributed by atoms with Crippen LogP contribution in [-0.2, 0) is 17.8 Å². The molecule has 6 nitrogen and oxygen atoms in total. The Balaban J connectivity index is 1.29. The van der Waals surface area contributed by atoms with Crippen LogP contribution in [0.15, 0.2) is 36.0 Å². The molecular weight excluding hydrogens is 334 g/mol. The van der Waals surface area contributed by atoms with E-state index in [1.54, 1.807) is 10.7 Å². The Morgan fingerprint density at radius 2 is 2.20 bits per heavy atom. The summed E-state index contributed by atoms with van der Waals surface area (Å²) in [4.78, 5) is 23.3. The van der Waals surface area contributed by atoms with Crippen LogP contribution < -0.4 is 4.90 Å². The quantitative estimate of drug-likeness (QED) is 0.709. The molecule has 0 radical (unpaired) electrons. The highest BCUT2D eigenvalue weighted by atomic mass is 32.1. The summed E-state index contributed by atoms with van der Waals surface area (Å²) in [6.07, 6.45) is 5.57. The van der Waals surface area contributed by atoms with Crippen molar-refractivity contribution in [1.29, 1.82) is 0 Å². The van der Waals surface area contributed by atoms with Crippen LogP contribution in [-0.4, -0.2) is 45.0 Å². The Morgan fingerprint density at radius 1 is 1.24 bits per heavy atom. The average Bonchev–Trinajstić information content (AvgIpc) is 3.39. The van der Waals surface area contributed by atoms with E-state index in [4.69, 9.17) is 0 Å². The number of carbonyl (C=O) groups excluding carboxylic acids is 1. The fourth-order valence-corrected chi connectivity index (χ4v) is 4.73. The Hall–Kier alpha value is -2.41. The van der Waals surface area contributed by atoms with E-state index in [9.17, 15) is 4.79 Å². The number of amides is 1. The molecular formula is C18H19N5OS. The van der Waals surface area contributed by atoms with Crippen molar-refractivity contribution in [1.82, 2.24) is 19.5 Å². The molecule has 1 fully saturated rings. The molecule has 0 spiro atoms. The van der Waals surface area contributed by atoms with Gasteiger partial charge >= 0.3 is 0 Å². The molecule has 0 N–H and O–H groups in total. The van der Waals surface area contributed by atoms with Gasteiger partial charge in [0.15, 0.2) is 5.65 Å². The second-order valence-corrected chi connectivity index (χ2v) is 7.73. The zero-order valence-electron chi connectivity index (χ0n) is 13.8. The predicted molar refractivity (Wildman–Crippen MR) is 96.7 cm³/mol. The molecule has 5 heterocycles. The minimum absolute atomic E-state index is 0.0723. The Bertz CT molecular complexity index is 932. The molecule has 1 atom stereocenters. The lowest BCUT2D eigenvalue weighted by Crippen LogP contribution is -2.40. The van der Waals surface area contributed by atoms with Crippen LogP contribution in [0.2, 0.25) is 0 Å². The normalized spacial score (nSPS) is 20.2. The maximum Gasteiger partial charge on any atom is 0.227 e. The number of fused-ring (bicyclic) bond motifs is 2. The van der Waals surface area contributed by atoms with Gasteiger partial charge in [-0.25, -0.2) is 9.50 Å². The number of anilines is 1. The number of carbonyl (C=O) groups is 1. The molecule has 1 unspecified atom stereocenters. The van der Waals surface area contributed by atoms with Crippen molar-refractivity contribution in [2.75, 3.05) is 24.5 Å². The van der Waals surface area contributed by atoms with Crippen LogP contribution in [0.4, 0.5) is 5.82 Å². The van der Waals surface area contributed by atoms with Crippen molar-refractivity contribution in [3.05, 3.63) is 46.4 Å². The molecule has 0 aliphatic carbocycles. The fourth-order valence-electron chi connectivity index (χ4n) is 3.84. The molecule has 7 heteroatoms. The smallest absolute Gasteiger partial charge is 0.227 e. The van der Waals surface area contributed by atoms with Gasteiger partial charge in [0.25, 0.3) is 0 Å². The minimum atomic E-state index is 0.0723. The van der Waals surface area contributed by atoms with Crippen molar-refractivity contribution >= 4 is 28.7 Å². The summed E-state index contributed by atoms with van der Waals surface area (Å²) >= 11 is 1.81. The SMILES string of the molecule is O=C(C1CCN(c2ccn3nccc3n2)C1)N1CCc2sccc2C1. The summed E-state index contributed by atoms with van der Waals surface area (Å²) in [5.74, 6) is 1.30. The topological polar surface area (TPSA) is 53.7 Å². The highest BCUT2D eigenvalue weighted by Gasteiger charge is 2.33. The van der Waals surface area contributed by atoms with Gasteiger partial charge in [0.05, 0.1) is 12.1 Å². The van der Waals surface area contributed by atoms with Gasteiger partial charge in [0, 0.05) is 43.3 Å². The second-order valence-electron chi connectivity index (χ2n) is 6.73. The zero-order chi connectivity index (χ0) is 16.8. The van der Waals surface area contributed by atoms with Crippen LogP contribution in [0, 0.1) is 5.92 Å². The number of thiophene rings is 1. The van der Waals surface area contributed by atoms with Gasteiger partial charge in [-0.3, -0.25) is 4.79 Å². The molecule has 25 heavy (non-hydrogen) atoms. The first kappa shape index (κ1) is 14.9. The third-order valence-corrected chi connectivity index (χ3v) is 6.25. The lowest BCUT2D eigenvalue weighted by Gasteiger charge is -2.29. The second kappa shape index (κ2) is 5.84. The van der Waals surface area contributed by atoms with Crippen molar-refractivity contribution in [3.8, 4) is 0 Å². The Labute approximate surface area is 149 Å². The van der Waals surface area contributed by atoms with Gasteiger partial charge < -0.3 is 9.80 Å². The molecule has 0 bridgehead atoms. The van der Waals surface area contributed by atoms with Crippen LogP contribution in [0.3, 0.4) is 0 Å². The molecule has 3 aromatic heterocycles. The number of rotatable bonds is 2. The van der Waals surface area contributed by atoms with Crippen molar-refractivity contribution in [3.63, 3.8) is 0 Å². The molecule has 0 aromatic carbocycles. The van der Waals surface area contributed by atoms with E-state index in [0.717, 1.165) is 50.5 Å². The third kappa shape index (κ3) is 2.59. The van der Waals surface area contributed by atoms with E-state index >= 15 is 0 Å². The number of aromatic nitrogens is 3. The van der Waals surface area contributed by atoms with Crippen molar-refractivity contribution in [2.24, 2.45) is 5.92 Å². The molecule has 1 amide bonds. The molecule has 2 aliphatic heterocycles. The molecule has 128 valence electrons. The number of hydrogen-bond acceptors (Lipinski definition) is 5. The van der Waals surface area contributed by atoms with E-state index < -0.39 is 0 Å². The summed E-state index contributed by atoms with van der Waals surface area (Å²) in [5.41, 5.74) is 2.17. The first-order valence-electron chi connectivity index (χ1n) is 8.67. The van der Waals surface area contributed by atoms with E-state index in [0.29, 0.717) is 5.91 Å². The van der Waals surface area contributed by atoms with Gasteiger partial charge in [-0.05, 0) is 35.9 Å². The third-order valence-electron chi connectivity index (χ3n) is 5.22. The first-order chi connectivity index (χ1) is 12.3. The van der Waals surface area contributed by atoms with Crippen LogP contribution >= 0.6 is 11.3 Å². The lowest BCUT2D eigenvalue weighted by molar-refractivity contribution is -0.135. The summed E-state index contributed by atoms with van der Waals surface area (Å²) in [6, 6.07) is 6.03. The van der Waals surface area contributed by atoms with E-state index in [1.807, 2.05) is 34.6 Å². The van der Waals surface area contributed by atoms with Crippen LogP contribution in [0.25, 0.3) is 5.65 Å². The molecule has 1 saturated heterocycles. The summed E-state index contributed by atoms with van der Waals surface area (Å²) in [5, 5.41) is 6.31. The Kier molecular flexibility index (Phi) is 3.48. The molecule has 5 rings (SSSR count). The van der Waals surface area contributed by atoms with Crippen molar-refractivity contribution in [2.45, 2.75) is 19.4 Å². The van der Waals surface area contributed by atoms with Crippen molar-refractivity contribution < 1.29 is 4.79 Å². The van der Waals surface area contributed by atoms with Gasteiger partial charge in [0.2, 0.25) is 5.91 Å². The maximum atomic E-state index is 12.9. The minimum Gasteiger partial charge on any atom is -0.356 e. The van der Waals surface area contributed by atoms with E-state index in [1.165, 1.54) is 10.4 Å². The summed E-state index contributed by atoms with van der Waals surface area (Å²) in [7, 11) is 0. The van der Waals surface area contributed by atoms with Crippen LogP contribution in [0.5, 0.6) is 0 Å². The standard InChI is InChI=1S/C18H19N5OS/c24-18(22-8-3-15-13(11-22)5-10-25-15)14-2-7-21(12-14)16-4-9-23-17(20-16)1-6-19-23/h1,4-6,9-10,14H,2-3,7-8,11-12H2. The number of hydrogen-bond donors (Lipinski definition) is 0. The molecule has 3 aromatic rings. The molecule has 0 saturated carbocycles.